The van der Waals surface area contributed by atoms with Gasteiger partial charge in [-0.15, -0.1) is 0 Å². The highest BCUT2D eigenvalue weighted by atomic mass is 16.5. The fourth-order valence-electron chi connectivity index (χ4n) is 0.559. The number of carbonyl (C=O) groups is 1. The van der Waals surface area contributed by atoms with Crippen molar-refractivity contribution in [3.63, 3.8) is 0 Å². The Hall–Kier alpha value is -0.960. The fourth-order valence-corrected chi connectivity index (χ4v) is 0.559. The molecule has 1 radical (unpaired) electrons. The zero-order chi connectivity index (χ0) is 6.69. The van der Waals surface area contributed by atoms with Crippen LogP contribution in [0.4, 0.5) is 0 Å². The molecule has 0 aromatic rings. The van der Waals surface area contributed by atoms with Crippen molar-refractivity contribution in [3.05, 3.63) is 12.3 Å². The summed E-state index contributed by atoms with van der Waals surface area (Å²) in [4.78, 5) is 14.1. The van der Waals surface area contributed by atoms with Gasteiger partial charge in [0.25, 0.3) is 0 Å². The molecule has 3 heteroatoms. The van der Waals surface area contributed by atoms with Gasteiger partial charge in [-0.05, 0) is 6.08 Å². The molecule has 1 unspecified atom stereocenters. The first kappa shape index (κ1) is 6.16. The Bertz CT molecular complexity index is 172. The third-order valence-corrected chi connectivity index (χ3v) is 1.02. The number of ether oxygens (including phenoxy) is 1. The number of aliphatic imine (C=N–C) groups is 1. The molecule has 0 spiro atoms. The van der Waals surface area contributed by atoms with E-state index in [1.807, 2.05) is 0 Å². The van der Waals surface area contributed by atoms with E-state index >= 15 is 0 Å². The number of nitrogens with zero attached hydrogens (tertiary/aromatic N) is 1. The minimum Gasteiger partial charge on any atom is -0.369 e. The van der Waals surface area contributed by atoms with Crippen LogP contribution in [0.3, 0.4) is 0 Å². The van der Waals surface area contributed by atoms with Crippen LogP contribution in [0.1, 0.15) is 0 Å². The molecule has 1 aliphatic heterocycles. The van der Waals surface area contributed by atoms with Crippen LogP contribution in [-0.4, -0.2) is 25.2 Å². The maximum absolute atomic E-state index is 10.6. The van der Waals surface area contributed by atoms with Gasteiger partial charge < -0.3 is 4.74 Å². The summed E-state index contributed by atoms with van der Waals surface area (Å²) in [5.41, 5.74) is 0. The Kier molecular flexibility index (Phi) is 1.75. The van der Waals surface area contributed by atoms with Crippen molar-refractivity contribution >= 4 is 12.0 Å². The van der Waals surface area contributed by atoms with Gasteiger partial charge in [-0.3, -0.25) is 9.79 Å². The normalized spacial score (nSPS) is 25.0. The molecule has 0 aliphatic carbocycles. The number of hydrogen-bond acceptors (Lipinski definition) is 3. The molecule has 3 nitrogen and oxygen atoms in total. The topological polar surface area (TPSA) is 38.7 Å². The van der Waals surface area contributed by atoms with Crippen molar-refractivity contribution in [1.29, 1.82) is 0 Å². The summed E-state index contributed by atoms with van der Waals surface area (Å²) in [6.45, 7) is 0. The predicted molar refractivity (Wildman–Crippen MR) is 32.4 cm³/mol. The number of methoxy groups -OCH3 is 1. The molecular weight excluding hydrogens is 118 g/mol. The molecular formula is C6H6NO2. The SMILES string of the molecule is COC1C=CN=[C]C1=O. The van der Waals surface area contributed by atoms with Gasteiger partial charge in [-0.2, -0.15) is 0 Å². The molecule has 0 fully saturated rings. The van der Waals surface area contributed by atoms with E-state index < -0.39 is 6.10 Å². The predicted octanol–water partition coefficient (Wildman–Crippen LogP) is 0.0456. The highest BCUT2D eigenvalue weighted by Crippen LogP contribution is 1.97. The number of carbonyl (C=O) groups excluding carboxylic acids is 1. The molecule has 0 aromatic carbocycles. The van der Waals surface area contributed by atoms with Crippen molar-refractivity contribution in [1.82, 2.24) is 0 Å². The van der Waals surface area contributed by atoms with Gasteiger partial charge in [0.05, 0.1) is 0 Å². The summed E-state index contributed by atoms with van der Waals surface area (Å²) in [5.74, 6) is -0.222. The monoisotopic (exact) mass is 124 g/mol. The van der Waals surface area contributed by atoms with Gasteiger partial charge in [0.1, 0.15) is 12.3 Å². The van der Waals surface area contributed by atoms with Gasteiger partial charge in [0, 0.05) is 13.3 Å². The number of hydrogen-bond donors (Lipinski definition) is 0. The Labute approximate surface area is 53.0 Å². The van der Waals surface area contributed by atoms with E-state index in [-0.39, 0.29) is 5.78 Å². The zero-order valence-corrected chi connectivity index (χ0v) is 5.00. The minimum absolute atomic E-state index is 0.222. The molecule has 0 aromatic heterocycles. The third-order valence-electron chi connectivity index (χ3n) is 1.02. The lowest BCUT2D eigenvalue weighted by molar-refractivity contribution is -0.119. The van der Waals surface area contributed by atoms with Gasteiger partial charge in [-0.25, -0.2) is 0 Å². The second kappa shape index (κ2) is 2.55. The maximum atomic E-state index is 10.6. The van der Waals surface area contributed by atoms with Crippen molar-refractivity contribution in [3.8, 4) is 0 Å². The average Bonchev–Trinajstić information content (AvgIpc) is 1.89. The molecule has 1 heterocycles. The van der Waals surface area contributed by atoms with Crippen LogP contribution >= 0.6 is 0 Å². The number of ketones is 1. The van der Waals surface area contributed by atoms with E-state index in [0.717, 1.165) is 0 Å². The van der Waals surface area contributed by atoms with E-state index in [4.69, 9.17) is 4.74 Å². The van der Waals surface area contributed by atoms with Gasteiger partial charge >= 0.3 is 0 Å². The van der Waals surface area contributed by atoms with E-state index in [1.165, 1.54) is 13.3 Å². The summed E-state index contributed by atoms with van der Waals surface area (Å²) in [7, 11) is 1.47. The fraction of sp³-hybridized carbons (Fsp3) is 0.333. The summed E-state index contributed by atoms with van der Waals surface area (Å²) in [6, 6.07) is 0. The van der Waals surface area contributed by atoms with Crippen molar-refractivity contribution in [2.45, 2.75) is 6.10 Å². The average molecular weight is 124 g/mol. The number of Topliss-reactive ketones (excluding diaryl/α,β-unsaturated/α-hetero) is 1. The summed E-state index contributed by atoms with van der Waals surface area (Å²) in [5, 5.41) is 0. The molecule has 1 atom stereocenters. The van der Waals surface area contributed by atoms with Crippen molar-refractivity contribution in [2.75, 3.05) is 7.11 Å². The molecule has 0 bridgehead atoms. The van der Waals surface area contributed by atoms with Crippen molar-refractivity contribution in [2.24, 2.45) is 4.99 Å². The van der Waals surface area contributed by atoms with E-state index in [9.17, 15) is 4.79 Å². The molecule has 0 saturated carbocycles. The van der Waals surface area contributed by atoms with Gasteiger partial charge in [0.2, 0.25) is 5.78 Å². The smallest absolute Gasteiger partial charge is 0.216 e. The standard InChI is InChI=1S/C6H6NO2/c1-9-6-2-3-7-4-5(6)8/h2-3,6H,1H3. The van der Waals surface area contributed by atoms with E-state index in [0.29, 0.717) is 0 Å². The summed E-state index contributed by atoms with van der Waals surface area (Å²) >= 11 is 0. The highest BCUT2D eigenvalue weighted by molar-refractivity contribution is 6.30. The van der Waals surface area contributed by atoms with E-state index in [1.54, 1.807) is 6.08 Å². The second-order valence-electron chi connectivity index (χ2n) is 1.60. The van der Waals surface area contributed by atoms with Crippen LogP contribution in [0.5, 0.6) is 0 Å². The Morgan fingerprint density at radius 2 is 2.67 bits per heavy atom. The first-order chi connectivity index (χ1) is 4.34. The van der Waals surface area contributed by atoms with Crippen LogP contribution in [-0.2, 0) is 9.53 Å². The zero-order valence-electron chi connectivity index (χ0n) is 5.00. The lowest BCUT2D eigenvalue weighted by Gasteiger charge is -2.06. The van der Waals surface area contributed by atoms with Crippen LogP contribution in [0.15, 0.2) is 17.3 Å². The molecule has 9 heavy (non-hydrogen) atoms. The molecule has 0 saturated heterocycles. The highest BCUT2D eigenvalue weighted by Gasteiger charge is 2.14. The molecule has 47 valence electrons. The van der Waals surface area contributed by atoms with Crippen LogP contribution < -0.4 is 0 Å². The first-order valence-electron chi connectivity index (χ1n) is 2.54. The van der Waals surface area contributed by atoms with Gasteiger partial charge in [0.15, 0.2) is 0 Å². The molecule has 1 aliphatic rings. The number of rotatable bonds is 1. The Morgan fingerprint density at radius 1 is 1.89 bits per heavy atom. The molecule has 1 rings (SSSR count). The largest absolute Gasteiger partial charge is 0.369 e. The molecule has 0 amide bonds. The second-order valence-corrected chi connectivity index (χ2v) is 1.60. The van der Waals surface area contributed by atoms with Crippen LogP contribution in [0.2, 0.25) is 0 Å². The quantitative estimate of drug-likeness (QED) is 0.495. The van der Waals surface area contributed by atoms with Crippen LogP contribution in [0, 0.1) is 0 Å². The lowest BCUT2D eigenvalue weighted by Crippen LogP contribution is -2.23. The van der Waals surface area contributed by atoms with E-state index in [2.05, 4.69) is 11.2 Å². The lowest BCUT2D eigenvalue weighted by atomic mass is 10.2. The third kappa shape index (κ3) is 1.23. The first-order valence-corrected chi connectivity index (χ1v) is 2.54. The Balaban J connectivity index is 2.66. The van der Waals surface area contributed by atoms with Crippen LogP contribution in [0.25, 0.3) is 0 Å². The molecule has 0 N–H and O–H groups in total. The Morgan fingerprint density at radius 3 is 3.11 bits per heavy atom. The minimum atomic E-state index is -0.470. The summed E-state index contributed by atoms with van der Waals surface area (Å²) in [6.07, 6.45) is 4.87. The summed E-state index contributed by atoms with van der Waals surface area (Å²) < 4.78 is 4.74. The van der Waals surface area contributed by atoms with Gasteiger partial charge in [-0.1, -0.05) is 0 Å². The van der Waals surface area contributed by atoms with Crippen molar-refractivity contribution < 1.29 is 9.53 Å². The maximum Gasteiger partial charge on any atom is 0.216 e.